The van der Waals surface area contributed by atoms with E-state index in [0.29, 0.717) is 0 Å². The summed E-state index contributed by atoms with van der Waals surface area (Å²) in [6.45, 7) is 0.200. The van der Waals surface area contributed by atoms with Gasteiger partial charge in [0, 0.05) is 18.0 Å². The van der Waals surface area contributed by atoms with Gasteiger partial charge in [-0.1, -0.05) is 48.5 Å². The highest BCUT2D eigenvalue weighted by Gasteiger charge is 2.29. The molecule has 3 aromatic rings. The number of aliphatic hydroxyl groups is 2. The molecule has 0 aromatic heterocycles. The molecule has 0 bridgehead atoms. The zero-order chi connectivity index (χ0) is 24.9. The minimum absolute atomic E-state index is 0.00669. The van der Waals surface area contributed by atoms with Crippen LogP contribution in [0, 0.1) is 0 Å². The van der Waals surface area contributed by atoms with Crippen molar-refractivity contribution in [2.75, 3.05) is 20.3 Å². The van der Waals surface area contributed by atoms with Crippen molar-refractivity contribution in [1.29, 1.82) is 0 Å². The Balaban J connectivity index is 1.30. The Labute approximate surface area is 202 Å². The number of alkyl carbamates (subject to hydrolysis) is 1. The average Bonchev–Trinajstić information content (AvgIpc) is 3.20. The molecule has 35 heavy (non-hydrogen) atoms. The first-order valence-electron chi connectivity index (χ1n) is 11.3. The van der Waals surface area contributed by atoms with Crippen molar-refractivity contribution in [2.24, 2.45) is 0 Å². The summed E-state index contributed by atoms with van der Waals surface area (Å²) < 4.78 is 10.1. The van der Waals surface area contributed by atoms with Crippen molar-refractivity contribution in [2.45, 2.75) is 24.5 Å². The predicted octanol–water partition coefficient (Wildman–Crippen LogP) is 3.50. The van der Waals surface area contributed by atoms with E-state index in [4.69, 9.17) is 4.74 Å². The Morgan fingerprint density at radius 3 is 2.23 bits per heavy atom. The maximum atomic E-state index is 12.3. The lowest BCUT2D eigenvalue weighted by Gasteiger charge is -2.20. The number of aromatic hydroxyl groups is 1. The number of carbonyl (C=O) groups is 2. The smallest absolute Gasteiger partial charge is 0.407 e. The third-order valence-electron chi connectivity index (χ3n) is 6.18. The Morgan fingerprint density at radius 1 is 0.971 bits per heavy atom. The molecule has 4 N–H and O–H groups in total. The predicted molar refractivity (Wildman–Crippen MR) is 128 cm³/mol. The van der Waals surface area contributed by atoms with Crippen LogP contribution in [0.2, 0.25) is 0 Å². The van der Waals surface area contributed by atoms with Crippen LogP contribution in [0.5, 0.6) is 5.75 Å². The number of nitrogens with one attached hydrogen (secondary N) is 1. The van der Waals surface area contributed by atoms with Crippen molar-refractivity contribution in [3.8, 4) is 16.9 Å². The summed E-state index contributed by atoms with van der Waals surface area (Å²) in [5, 5.41) is 33.4. The van der Waals surface area contributed by atoms with Crippen LogP contribution < -0.4 is 5.32 Å². The Hall–Kier alpha value is -3.88. The summed E-state index contributed by atoms with van der Waals surface area (Å²) >= 11 is 0. The van der Waals surface area contributed by atoms with E-state index >= 15 is 0 Å². The number of amides is 1. The van der Waals surface area contributed by atoms with Gasteiger partial charge in [0.15, 0.2) is 0 Å². The molecule has 0 spiro atoms. The molecule has 2 unspecified atom stereocenters. The molecule has 1 aliphatic rings. The van der Waals surface area contributed by atoms with Crippen LogP contribution in [-0.2, 0) is 9.47 Å². The lowest BCUT2D eigenvalue weighted by atomic mass is 9.98. The van der Waals surface area contributed by atoms with Gasteiger partial charge in [-0.05, 0) is 46.9 Å². The van der Waals surface area contributed by atoms with Gasteiger partial charge in [0.05, 0.1) is 18.8 Å². The molecule has 4 rings (SSSR count). The lowest BCUT2D eigenvalue weighted by molar-refractivity contribution is 0.0123. The maximum absolute atomic E-state index is 12.3. The van der Waals surface area contributed by atoms with E-state index in [9.17, 15) is 24.9 Å². The summed E-state index contributed by atoms with van der Waals surface area (Å²) in [7, 11) is 1.22. The van der Waals surface area contributed by atoms with E-state index in [1.807, 2.05) is 36.4 Å². The molecule has 0 aliphatic heterocycles. The molecule has 0 heterocycles. The van der Waals surface area contributed by atoms with Gasteiger partial charge in [-0.25, -0.2) is 9.59 Å². The first kappa shape index (κ1) is 24.3. The van der Waals surface area contributed by atoms with Gasteiger partial charge < -0.3 is 30.1 Å². The summed E-state index contributed by atoms with van der Waals surface area (Å²) in [6, 6.07) is 19.9. The molecule has 1 aliphatic carbocycles. The van der Waals surface area contributed by atoms with Gasteiger partial charge in [0.2, 0.25) is 0 Å². The highest BCUT2D eigenvalue weighted by Crippen LogP contribution is 2.44. The number of aliphatic hydroxyl groups excluding tert-OH is 2. The van der Waals surface area contributed by atoms with Crippen LogP contribution in [0.3, 0.4) is 0 Å². The van der Waals surface area contributed by atoms with E-state index in [1.54, 1.807) is 0 Å². The van der Waals surface area contributed by atoms with Crippen LogP contribution in [0.15, 0.2) is 66.7 Å². The molecule has 3 aromatic carbocycles. The third kappa shape index (κ3) is 5.13. The van der Waals surface area contributed by atoms with Crippen molar-refractivity contribution in [3.63, 3.8) is 0 Å². The van der Waals surface area contributed by atoms with Gasteiger partial charge >= 0.3 is 12.1 Å². The van der Waals surface area contributed by atoms with Gasteiger partial charge in [-0.2, -0.15) is 0 Å². The molecule has 0 radical (unpaired) electrons. The fraction of sp³-hybridized carbons (Fsp3) is 0.259. The van der Waals surface area contributed by atoms with E-state index in [0.717, 1.165) is 22.3 Å². The third-order valence-corrected chi connectivity index (χ3v) is 6.18. The number of fused-ring (bicyclic) bond motifs is 3. The number of hydrogen-bond acceptors (Lipinski definition) is 7. The van der Waals surface area contributed by atoms with E-state index < -0.39 is 24.3 Å². The summed E-state index contributed by atoms with van der Waals surface area (Å²) in [6.07, 6.45) is -3.41. The summed E-state index contributed by atoms with van der Waals surface area (Å²) in [5.41, 5.74) is 4.59. The number of ether oxygens (including phenoxy) is 2. The van der Waals surface area contributed by atoms with Crippen LogP contribution in [0.4, 0.5) is 4.79 Å². The van der Waals surface area contributed by atoms with Gasteiger partial charge in [-0.15, -0.1) is 0 Å². The largest absolute Gasteiger partial charge is 0.508 e. The molecular weight excluding hydrogens is 450 g/mol. The standard InChI is InChI=1S/C27H27NO7/c1-34-26(32)16-10-11-23(29)21(14-16)25(31)24(30)12-13-28-27(33)35-15-22-19-8-4-2-6-17(19)18-7-3-5-9-20(18)22/h2-11,14,22,24-25,29-31H,12-13,15H2,1H3,(H,28,33). The van der Waals surface area contributed by atoms with Crippen LogP contribution in [0.25, 0.3) is 11.1 Å². The van der Waals surface area contributed by atoms with E-state index in [-0.39, 0.29) is 42.4 Å². The summed E-state index contributed by atoms with van der Waals surface area (Å²) in [5.74, 6) is -0.968. The molecule has 0 saturated heterocycles. The number of esters is 1. The maximum Gasteiger partial charge on any atom is 0.407 e. The van der Waals surface area contributed by atoms with Gasteiger partial charge in [-0.3, -0.25) is 0 Å². The molecule has 2 atom stereocenters. The van der Waals surface area contributed by atoms with Gasteiger partial charge in [0.1, 0.15) is 18.5 Å². The number of hydrogen-bond donors (Lipinski definition) is 4. The molecule has 0 fully saturated rings. The zero-order valence-corrected chi connectivity index (χ0v) is 19.2. The lowest BCUT2D eigenvalue weighted by Crippen LogP contribution is -2.30. The van der Waals surface area contributed by atoms with Crippen molar-refractivity contribution >= 4 is 12.1 Å². The number of phenols is 1. The number of phenolic OH excluding ortho intramolecular Hbond substituents is 1. The highest BCUT2D eigenvalue weighted by atomic mass is 16.5. The SMILES string of the molecule is COC(=O)c1ccc(O)c(C(O)C(O)CCNC(=O)OCC2c3ccccc3-c3ccccc32)c1. The zero-order valence-electron chi connectivity index (χ0n) is 19.2. The Kier molecular flexibility index (Phi) is 7.33. The van der Waals surface area contributed by atoms with Crippen molar-refractivity contribution in [1.82, 2.24) is 5.32 Å². The van der Waals surface area contributed by atoms with Gasteiger partial charge in [0.25, 0.3) is 0 Å². The molecule has 1 amide bonds. The minimum atomic E-state index is -1.47. The number of benzene rings is 3. The quantitative estimate of drug-likeness (QED) is 0.366. The van der Waals surface area contributed by atoms with E-state index in [2.05, 4.69) is 22.2 Å². The number of methoxy groups -OCH3 is 1. The molecule has 8 heteroatoms. The van der Waals surface area contributed by atoms with E-state index in [1.165, 1.54) is 25.3 Å². The van der Waals surface area contributed by atoms with Crippen LogP contribution in [-0.4, -0.2) is 53.7 Å². The highest BCUT2D eigenvalue weighted by molar-refractivity contribution is 5.89. The van der Waals surface area contributed by atoms with Crippen molar-refractivity contribution < 1.29 is 34.4 Å². The topological polar surface area (TPSA) is 125 Å². The summed E-state index contributed by atoms with van der Waals surface area (Å²) in [4.78, 5) is 24.0. The number of carbonyl (C=O) groups excluding carboxylic acids is 2. The second kappa shape index (κ2) is 10.6. The molecule has 182 valence electrons. The minimum Gasteiger partial charge on any atom is -0.508 e. The Morgan fingerprint density at radius 2 is 1.60 bits per heavy atom. The van der Waals surface area contributed by atoms with Crippen molar-refractivity contribution in [3.05, 3.63) is 89.0 Å². The fourth-order valence-electron chi connectivity index (χ4n) is 4.37. The fourth-order valence-corrected chi connectivity index (χ4v) is 4.37. The normalized spacial score (nSPS) is 13.9. The second-order valence-electron chi connectivity index (χ2n) is 8.32. The number of rotatable bonds is 8. The average molecular weight is 478 g/mol. The first-order valence-corrected chi connectivity index (χ1v) is 11.3. The molecule has 0 saturated carbocycles. The Bertz CT molecular complexity index is 1180. The van der Waals surface area contributed by atoms with Crippen LogP contribution >= 0.6 is 0 Å². The molecular formula is C27H27NO7. The second-order valence-corrected chi connectivity index (χ2v) is 8.32. The van der Waals surface area contributed by atoms with Crippen LogP contribution in [0.1, 0.15) is 45.5 Å². The monoisotopic (exact) mass is 477 g/mol. The molecule has 8 nitrogen and oxygen atoms in total. The first-order chi connectivity index (χ1) is 16.9.